The Morgan fingerprint density at radius 1 is 1.03 bits per heavy atom. The van der Waals surface area contributed by atoms with E-state index in [-0.39, 0.29) is 11.1 Å². The zero-order valence-corrected chi connectivity index (χ0v) is 18.3. The van der Waals surface area contributed by atoms with E-state index in [9.17, 15) is 9.59 Å². The molecule has 3 aromatic rings. The number of thioether (sulfide) groups is 1. The number of para-hydroxylation sites is 1. The second kappa shape index (κ2) is 8.05. The minimum atomic E-state index is -0.318. The molecular weight excluding hydrogens is 420 g/mol. The molecule has 0 unspecified atom stereocenters. The highest BCUT2D eigenvalue weighted by Crippen LogP contribution is 2.37. The summed E-state index contributed by atoms with van der Waals surface area (Å²) in [7, 11) is 1.61. The van der Waals surface area contributed by atoms with Gasteiger partial charge >= 0.3 is 0 Å². The lowest BCUT2D eigenvalue weighted by Crippen LogP contribution is -2.27. The van der Waals surface area contributed by atoms with Gasteiger partial charge in [0, 0.05) is 16.4 Å². The summed E-state index contributed by atoms with van der Waals surface area (Å²) in [6, 6.07) is 16.4. The number of ether oxygens (including phenoxy) is 1. The first-order valence-corrected chi connectivity index (χ1v) is 10.5. The molecule has 0 bridgehead atoms. The molecule has 0 atom stereocenters. The normalized spacial score (nSPS) is 15.3. The van der Waals surface area contributed by atoms with E-state index >= 15 is 0 Å². The van der Waals surface area contributed by atoms with Gasteiger partial charge in [-0.25, -0.2) is 4.90 Å². The van der Waals surface area contributed by atoms with E-state index in [1.54, 1.807) is 43.5 Å². The van der Waals surface area contributed by atoms with Crippen LogP contribution in [0.25, 0.3) is 11.8 Å². The van der Waals surface area contributed by atoms with Gasteiger partial charge < -0.3 is 9.30 Å². The number of rotatable bonds is 4. The van der Waals surface area contributed by atoms with Crippen LogP contribution in [0.2, 0.25) is 5.02 Å². The molecule has 4 rings (SSSR count). The quantitative estimate of drug-likeness (QED) is 0.469. The molecule has 2 heterocycles. The monoisotopic (exact) mass is 438 g/mol. The summed E-state index contributed by atoms with van der Waals surface area (Å²) in [5, 5.41) is 0.298. The van der Waals surface area contributed by atoms with Gasteiger partial charge in [0.15, 0.2) is 0 Å². The van der Waals surface area contributed by atoms with E-state index < -0.39 is 0 Å². The summed E-state index contributed by atoms with van der Waals surface area (Å²) in [6.45, 7) is 3.93. The first-order chi connectivity index (χ1) is 14.4. The van der Waals surface area contributed by atoms with E-state index in [0.29, 0.717) is 21.4 Å². The van der Waals surface area contributed by atoms with Crippen LogP contribution < -0.4 is 9.64 Å². The van der Waals surface area contributed by atoms with Crippen LogP contribution in [0.15, 0.2) is 59.5 Å². The van der Waals surface area contributed by atoms with Crippen LogP contribution in [0.1, 0.15) is 17.0 Å². The average Bonchev–Trinajstić information content (AvgIpc) is 3.17. The van der Waals surface area contributed by atoms with Crippen LogP contribution >= 0.6 is 23.4 Å². The third kappa shape index (κ3) is 3.53. The lowest BCUT2D eigenvalue weighted by molar-refractivity contribution is -0.113. The third-order valence-electron chi connectivity index (χ3n) is 4.95. The van der Waals surface area contributed by atoms with Gasteiger partial charge in [-0.15, -0.1) is 0 Å². The summed E-state index contributed by atoms with van der Waals surface area (Å²) in [6.07, 6.45) is 1.77. The molecule has 0 saturated carbocycles. The van der Waals surface area contributed by atoms with Crippen LogP contribution in [0.5, 0.6) is 5.75 Å². The second-order valence-corrected chi connectivity index (χ2v) is 8.26. The van der Waals surface area contributed by atoms with Crippen LogP contribution in [0.4, 0.5) is 10.5 Å². The lowest BCUT2D eigenvalue weighted by Gasteiger charge is -2.14. The molecule has 30 heavy (non-hydrogen) atoms. The largest absolute Gasteiger partial charge is 0.495 e. The second-order valence-electron chi connectivity index (χ2n) is 6.83. The zero-order chi connectivity index (χ0) is 21.4. The lowest BCUT2D eigenvalue weighted by atomic mass is 10.2. The number of carbonyl (C=O) groups excluding carboxylic acids is 2. The van der Waals surface area contributed by atoms with Crippen molar-refractivity contribution in [3.63, 3.8) is 0 Å². The third-order valence-corrected chi connectivity index (χ3v) is 6.05. The molecule has 1 aliphatic heterocycles. The van der Waals surface area contributed by atoms with Gasteiger partial charge in [0.25, 0.3) is 11.1 Å². The van der Waals surface area contributed by atoms with E-state index in [1.807, 2.05) is 42.7 Å². The fourth-order valence-corrected chi connectivity index (χ4v) is 4.55. The standard InChI is InChI=1S/C23H19ClN2O3S/c1-14-11-16(15(2)25(14)19-13-17(24)9-10-20(19)29-3)12-21-22(27)26(23(28)30-21)18-7-5-4-6-8-18/h4-13H,1-3H3. The van der Waals surface area contributed by atoms with Crippen molar-refractivity contribution in [1.82, 2.24) is 4.57 Å². The van der Waals surface area contributed by atoms with Crippen LogP contribution in [0, 0.1) is 13.8 Å². The fraction of sp³-hybridized carbons (Fsp3) is 0.130. The number of aromatic nitrogens is 1. The van der Waals surface area contributed by atoms with Gasteiger partial charge in [-0.2, -0.15) is 0 Å². The van der Waals surface area contributed by atoms with Crippen LogP contribution in [-0.2, 0) is 4.79 Å². The Morgan fingerprint density at radius 2 is 1.77 bits per heavy atom. The molecule has 0 aliphatic carbocycles. The number of hydrogen-bond donors (Lipinski definition) is 0. The summed E-state index contributed by atoms with van der Waals surface area (Å²) in [4.78, 5) is 27.0. The minimum absolute atomic E-state index is 0.303. The van der Waals surface area contributed by atoms with Gasteiger partial charge in [-0.05, 0) is 73.6 Å². The highest BCUT2D eigenvalue weighted by molar-refractivity contribution is 8.19. The fourth-order valence-electron chi connectivity index (χ4n) is 3.55. The van der Waals surface area contributed by atoms with Crippen LogP contribution in [-0.4, -0.2) is 22.8 Å². The Balaban J connectivity index is 1.75. The highest BCUT2D eigenvalue weighted by atomic mass is 35.5. The maximum atomic E-state index is 12.9. The summed E-state index contributed by atoms with van der Waals surface area (Å²) in [5.74, 6) is 0.374. The van der Waals surface area contributed by atoms with E-state index in [4.69, 9.17) is 16.3 Å². The van der Waals surface area contributed by atoms with E-state index in [0.717, 1.165) is 34.4 Å². The first-order valence-electron chi connectivity index (χ1n) is 9.26. The SMILES string of the molecule is COc1ccc(Cl)cc1-n1c(C)cc(C=C2SC(=O)N(c3ccccc3)C2=O)c1C. The van der Waals surface area contributed by atoms with Gasteiger partial charge in [0.1, 0.15) is 5.75 Å². The van der Waals surface area contributed by atoms with Gasteiger partial charge in [-0.1, -0.05) is 29.8 Å². The van der Waals surface area contributed by atoms with E-state index in [1.165, 1.54) is 4.90 Å². The van der Waals surface area contributed by atoms with Crippen molar-refractivity contribution in [2.45, 2.75) is 13.8 Å². The molecule has 0 N–H and O–H groups in total. The molecule has 2 amide bonds. The van der Waals surface area contributed by atoms with Crippen LogP contribution in [0.3, 0.4) is 0 Å². The Labute approximate surface area is 183 Å². The Morgan fingerprint density at radius 3 is 2.47 bits per heavy atom. The maximum absolute atomic E-state index is 12.9. The number of halogens is 1. The van der Waals surface area contributed by atoms with Gasteiger partial charge in [-0.3, -0.25) is 9.59 Å². The molecule has 1 aromatic heterocycles. The molecule has 152 valence electrons. The van der Waals surface area contributed by atoms with Crippen molar-refractivity contribution in [3.05, 3.63) is 81.5 Å². The molecule has 0 radical (unpaired) electrons. The van der Waals surface area contributed by atoms with Crippen molar-refractivity contribution in [3.8, 4) is 11.4 Å². The molecule has 7 heteroatoms. The van der Waals surface area contributed by atoms with Crippen molar-refractivity contribution in [1.29, 1.82) is 0 Å². The molecule has 1 saturated heterocycles. The Bertz CT molecular complexity index is 1180. The zero-order valence-electron chi connectivity index (χ0n) is 16.7. The highest BCUT2D eigenvalue weighted by Gasteiger charge is 2.36. The number of hydrogen-bond acceptors (Lipinski definition) is 4. The number of methoxy groups -OCH3 is 1. The van der Waals surface area contributed by atoms with Crippen molar-refractivity contribution >= 4 is 46.3 Å². The first kappa shape index (κ1) is 20.3. The number of nitrogens with zero attached hydrogens (tertiary/aromatic N) is 2. The number of benzene rings is 2. The minimum Gasteiger partial charge on any atom is -0.495 e. The summed E-state index contributed by atoms with van der Waals surface area (Å²) < 4.78 is 7.52. The smallest absolute Gasteiger partial charge is 0.298 e. The number of amides is 2. The Kier molecular flexibility index (Phi) is 5.45. The molecule has 1 aliphatic rings. The predicted molar refractivity (Wildman–Crippen MR) is 122 cm³/mol. The van der Waals surface area contributed by atoms with Crippen molar-refractivity contribution < 1.29 is 14.3 Å². The van der Waals surface area contributed by atoms with Crippen molar-refractivity contribution in [2.75, 3.05) is 12.0 Å². The molecule has 0 spiro atoms. The summed E-state index contributed by atoms with van der Waals surface area (Å²) in [5.41, 5.74) is 4.11. The van der Waals surface area contributed by atoms with Gasteiger partial charge in [0.05, 0.1) is 23.4 Å². The predicted octanol–water partition coefficient (Wildman–Crippen LogP) is 6.00. The topological polar surface area (TPSA) is 51.5 Å². The Hall–Kier alpha value is -2.96. The number of aryl methyl sites for hydroxylation is 1. The number of imide groups is 1. The molecule has 2 aromatic carbocycles. The number of carbonyl (C=O) groups is 2. The summed E-state index contributed by atoms with van der Waals surface area (Å²) >= 11 is 7.15. The maximum Gasteiger partial charge on any atom is 0.298 e. The van der Waals surface area contributed by atoms with E-state index in [2.05, 4.69) is 0 Å². The average molecular weight is 439 g/mol. The molecular formula is C23H19ClN2O3S. The van der Waals surface area contributed by atoms with Crippen molar-refractivity contribution in [2.24, 2.45) is 0 Å². The number of anilines is 1. The molecule has 1 fully saturated rings. The van der Waals surface area contributed by atoms with Gasteiger partial charge in [0.2, 0.25) is 0 Å². The molecule has 5 nitrogen and oxygen atoms in total.